The quantitative estimate of drug-likeness (QED) is 0.576. The molecule has 0 unspecified atom stereocenters. The summed E-state index contributed by atoms with van der Waals surface area (Å²) in [7, 11) is 0. The van der Waals surface area contributed by atoms with Crippen LogP contribution in [0.2, 0.25) is 0 Å². The summed E-state index contributed by atoms with van der Waals surface area (Å²) in [6, 6.07) is 5.14. The summed E-state index contributed by atoms with van der Waals surface area (Å²) in [5.74, 6) is -0.523. The third-order valence-corrected chi connectivity index (χ3v) is 1.79. The molecule has 0 saturated heterocycles. The van der Waals surface area contributed by atoms with E-state index in [1.165, 1.54) is 25.1 Å². The molecule has 86 valence electrons. The van der Waals surface area contributed by atoms with E-state index in [0.29, 0.717) is 0 Å². The van der Waals surface area contributed by atoms with E-state index in [1.54, 1.807) is 0 Å². The first-order valence-electron chi connectivity index (χ1n) is 4.35. The number of allylic oxidation sites excluding steroid dienone is 1. The van der Waals surface area contributed by atoms with E-state index in [9.17, 15) is 18.0 Å². The molecule has 1 aromatic carbocycles. The van der Waals surface area contributed by atoms with Gasteiger partial charge in [0.1, 0.15) is 5.75 Å². The minimum atomic E-state index is -4.49. The highest BCUT2D eigenvalue weighted by molar-refractivity contribution is 5.72. The molecule has 5 heteroatoms. The number of hydrogen-bond donors (Lipinski definition) is 0. The maximum Gasteiger partial charge on any atom is 0.416 e. The lowest BCUT2D eigenvalue weighted by molar-refractivity contribution is -0.131. The summed E-state index contributed by atoms with van der Waals surface area (Å²) in [4.78, 5) is 10.6. The third-order valence-electron chi connectivity index (χ3n) is 1.79. The molecule has 0 fully saturated rings. The molecule has 0 atom stereocenters. The molecule has 0 N–H and O–H groups in total. The van der Waals surface area contributed by atoms with Crippen molar-refractivity contribution < 1.29 is 22.7 Å². The Hall–Kier alpha value is -1.78. The number of benzene rings is 1. The summed E-state index contributed by atoms with van der Waals surface area (Å²) in [6.07, 6.45) is -4.49. The number of alkyl halides is 3. The van der Waals surface area contributed by atoms with Gasteiger partial charge in [0, 0.05) is 6.92 Å². The van der Waals surface area contributed by atoms with Gasteiger partial charge in [-0.05, 0) is 17.7 Å². The lowest BCUT2D eigenvalue weighted by Gasteiger charge is -2.10. The molecule has 0 aromatic heterocycles. The fourth-order valence-electron chi connectivity index (χ4n) is 1.08. The lowest BCUT2D eigenvalue weighted by atomic mass is 10.1. The Morgan fingerprint density at radius 2 is 2.00 bits per heavy atom. The monoisotopic (exact) mass is 230 g/mol. The zero-order chi connectivity index (χ0) is 12.3. The Balaban J connectivity index is 2.99. The SMILES string of the molecule is C=C(c1cccc(OC(C)=O)c1)C(F)(F)F. The van der Waals surface area contributed by atoms with Gasteiger partial charge >= 0.3 is 12.1 Å². The van der Waals surface area contributed by atoms with E-state index >= 15 is 0 Å². The van der Waals surface area contributed by atoms with Crippen molar-refractivity contribution in [2.45, 2.75) is 13.1 Å². The van der Waals surface area contributed by atoms with E-state index in [4.69, 9.17) is 0 Å². The van der Waals surface area contributed by atoms with Crippen molar-refractivity contribution in [3.63, 3.8) is 0 Å². The van der Waals surface area contributed by atoms with Gasteiger partial charge < -0.3 is 4.74 Å². The van der Waals surface area contributed by atoms with Crippen LogP contribution in [0, 0.1) is 0 Å². The molecule has 0 amide bonds. The highest BCUT2D eigenvalue weighted by Gasteiger charge is 2.32. The van der Waals surface area contributed by atoms with Crippen LogP contribution in [0.3, 0.4) is 0 Å². The van der Waals surface area contributed by atoms with Crippen LogP contribution in [0.4, 0.5) is 13.2 Å². The van der Waals surface area contributed by atoms with Gasteiger partial charge in [0.2, 0.25) is 0 Å². The number of carbonyl (C=O) groups is 1. The Morgan fingerprint density at radius 1 is 1.38 bits per heavy atom. The minimum Gasteiger partial charge on any atom is -0.427 e. The van der Waals surface area contributed by atoms with Crippen molar-refractivity contribution in [3.05, 3.63) is 36.4 Å². The number of esters is 1. The number of ether oxygens (including phenoxy) is 1. The highest BCUT2D eigenvalue weighted by Crippen LogP contribution is 2.33. The molecule has 1 aromatic rings. The summed E-state index contributed by atoms with van der Waals surface area (Å²) >= 11 is 0. The van der Waals surface area contributed by atoms with Crippen LogP contribution in [0.25, 0.3) is 5.57 Å². The van der Waals surface area contributed by atoms with E-state index in [1.807, 2.05) is 0 Å². The number of halogens is 3. The average Bonchev–Trinajstić information content (AvgIpc) is 2.14. The van der Waals surface area contributed by atoms with Crippen LogP contribution in [0.1, 0.15) is 12.5 Å². The first-order chi connectivity index (χ1) is 7.30. The van der Waals surface area contributed by atoms with E-state index in [2.05, 4.69) is 11.3 Å². The van der Waals surface area contributed by atoms with Crippen molar-refractivity contribution in [2.24, 2.45) is 0 Å². The molecule has 0 radical (unpaired) electrons. The second-order valence-corrected chi connectivity index (χ2v) is 3.10. The fraction of sp³-hybridized carbons (Fsp3) is 0.182. The minimum absolute atomic E-state index is 0.0652. The van der Waals surface area contributed by atoms with Crippen LogP contribution in [0.15, 0.2) is 30.8 Å². The molecule has 0 aliphatic carbocycles. The van der Waals surface area contributed by atoms with E-state index < -0.39 is 17.7 Å². The van der Waals surface area contributed by atoms with Gasteiger partial charge in [0.15, 0.2) is 0 Å². The zero-order valence-corrected chi connectivity index (χ0v) is 8.47. The van der Waals surface area contributed by atoms with Gasteiger partial charge in [-0.15, -0.1) is 0 Å². The van der Waals surface area contributed by atoms with E-state index in [-0.39, 0.29) is 11.3 Å². The average molecular weight is 230 g/mol. The van der Waals surface area contributed by atoms with Crippen LogP contribution in [0.5, 0.6) is 5.75 Å². The second kappa shape index (κ2) is 4.38. The molecule has 2 nitrogen and oxygen atoms in total. The van der Waals surface area contributed by atoms with Gasteiger partial charge in [0.05, 0.1) is 5.57 Å². The van der Waals surface area contributed by atoms with Gasteiger partial charge in [-0.1, -0.05) is 18.7 Å². The summed E-state index contributed by atoms with van der Waals surface area (Å²) in [6.45, 7) is 4.12. The van der Waals surface area contributed by atoms with Crippen LogP contribution < -0.4 is 4.74 Å². The van der Waals surface area contributed by atoms with E-state index in [0.717, 1.165) is 6.07 Å². The Morgan fingerprint density at radius 3 is 2.50 bits per heavy atom. The number of carbonyl (C=O) groups excluding carboxylic acids is 1. The lowest BCUT2D eigenvalue weighted by Crippen LogP contribution is -2.09. The highest BCUT2D eigenvalue weighted by atomic mass is 19.4. The molecule has 0 heterocycles. The van der Waals surface area contributed by atoms with Crippen molar-refractivity contribution in [1.29, 1.82) is 0 Å². The zero-order valence-electron chi connectivity index (χ0n) is 8.47. The number of hydrogen-bond acceptors (Lipinski definition) is 2. The maximum atomic E-state index is 12.3. The Bertz CT molecular complexity index is 421. The molecule has 0 aliphatic heterocycles. The summed E-state index contributed by atoms with van der Waals surface area (Å²) < 4.78 is 41.6. The molecule has 1 rings (SSSR count). The molecule has 0 saturated carbocycles. The molecule has 0 bridgehead atoms. The van der Waals surface area contributed by atoms with Crippen LogP contribution in [-0.2, 0) is 4.79 Å². The van der Waals surface area contributed by atoms with Crippen molar-refractivity contribution in [1.82, 2.24) is 0 Å². The van der Waals surface area contributed by atoms with Crippen molar-refractivity contribution in [3.8, 4) is 5.75 Å². The first-order valence-corrected chi connectivity index (χ1v) is 4.35. The fourth-order valence-corrected chi connectivity index (χ4v) is 1.08. The Kier molecular flexibility index (Phi) is 3.37. The Labute approximate surface area is 90.3 Å². The standard InChI is InChI=1S/C11H9F3O2/c1-7(11(12,13)14)9-4-3-5-10(6-9)16-8(2)15/h3-6H,1H2,2H3. The third kappa shape index (κ3) is 3.12. The van der Waals surface area contributed by atoms with Gasteiger partial charge in [-0.2, -0.15) is 13.2 Å². The predicted molar refractivity (Wildman–Crippen MR) is 52.8 cm³/mol. The van der Waals surface area contributed by atoms with Gasteiger partial charge in [-0.3, -0.25) is 4.79 Å². The molecule has 16 heavy (non-hydrogen) atoms. The van der Waals surface area contributed by atoms with Crippen LogP contribution in [-0.4, -0.2) is 12.1 Å². The predicted octanol–water partition coefficient (Wildman–Crippen LogP) is 3.19. The molecule has 0 spiro atoms. The van der Waals surface area contributed by atoms with Gasteiger partial charge in [0.25, 0.3) is 0 Å². The summed E-state index contributed by atoms with van der Waals surface area (Å²) in [5, 5.41) is 0. The topological polar surface area (TPSA) is 26.3 Å². The first kappa shape index (κ1) is 12.3. The smallest absolute Gasteiger partial charge is 0.416 e. The molecule has 0 aliphatic rings. The van der Waals surface area contributed by atoms with Gasteiger partial charge in [-0.25, -0.2) is 0 Å². The van der Waals surface area contributed by atoms with Crippen molar-refractivity contribution >= 4 is 11.5 Å². The normalized spacial score (nSPS) is 11.0. The molecular weight excluding hydrogens is 221 g/mol. The second-order valence-electron chi connectivity index (χ2n) is 3.10. The maximum absolute atomic E-state index is 12.3. The van der Waals surface area contributed by atoms with Crippen LogP contribution >= 0.6 is 0 Å². The largest absolute Gasteiger partial charge is 0.427 e. The molecular formula is C11H9F3O2. The van der Waals surface area contributed by atoms with Crippen molar-refractivity contribution in [2.75, 3.05) is 0 Å². The summed E-state index contributed by atoms with van der Waals surface area (Å²) in [5.41, 5.74) is -1.09. The number of rotatable bonds is 2.